The van der Waals surface area contributed by atoms with Gasteiger partial charge in [0.05, 0.1) is 4.90 Å². The molecule has 120 valence electrons. The Morgan fingerprint density at radius 3 is 2.38 bits per heavy atom. The number of rotatable bonds is 10. The number of aryl methyl sites for hydroxylation is 1. The quantitative estimate of drug-likeness (QED) is 0.653. The lowest BCUT2D eigenvalue weighted by atomic mass is 10.1. The Bertz CT molecular complexity index is 498. The second-order valence-corrected chi connectivity index (χ2v) is 7.23. The van der Waals surface area contributed by atoms with Crippen molar-refractivity contribution in [3.8, 4) is 0 Å². The molecule has 1 atom stereocenters. The summed E-state index contributed by atoms with van der Waals surface area (Å²) in [6.45, 7) is 8.65. The summed E-state index contributed by atoms with van der Waals surface area (Å²) in [7, 11) is -3.37. The zero-order valence-corrected chi connectivity index (χ0v) is 14.2. The molecule has 0 aliphatic carbocycles. The summed E-state index contributed by atoms with van der Waals surface area (Å²) >= 11 is 0. The van der Waals surface area contributed by atoms with Crippen molar-refractivity contribution in [2.75, 3.05) is 19.6 Å². The van der Waals surface area contributed by atoms with Crippen LogP contribution in [0.4, 0.5) is 0 Å². The maximum atomic E-state index is 12.1. The molecule has 0 aromatic heterocycles. The number of sulfonamides is 1. The minimum Gasteiger partial charge on any atom is -0.317 e. The molecule has 1 rings (SSSR count). The average molecular weight is 312 g/mol. The van der Waals surface area contributed by atoms with Gasteiger partial charge in [0, 0.05) is 6.54 Å². The zero-order valence-electron chi connectivity index (χ0n) is 13.4. The highest BCUT2D eigenvalue weighted by Gasteiger charge is 2.14. The Labute approximate surface area is 129 Å². The van der Waals surface area contributed by atoms with Gasteiger partial charge in [-0.2, -0.15) is 0 Å². The highest BCUT2D eigenvalue weighted by molar-refractivity contribution is 7.89. The predicted octanol–water partition coefficient (Wildman–Crippen LogP) is 2.55. The van der Waals surface area contributed by atoms with Crippen molar-refractivity contribution in [3.05, 3.63) is 29.8 Å². The van der Waals surface area contributed by atoms with Crippen LogP contribution in [-0.4, -0.2) is 28.1 Å². The molecule has 0 aliphatic heterocycles. The van der Waals surface area contributed by atoms with Gasteiger partial charge in [0.25, 0.3) is 0 Å². The molecule has 0 fully saturated rings. The fraction of sp³-hybridized carbons (Fsp3) is 0.625. The Morgan fingerprint density at radius 1 is 1.14 bits per heavy atom. The molecular weight excluding hydrogens is 284 g/mol. The Hall–Kier alpha value is -0.910. The van der Waals surface area contributed by atoms with Crippen molar-refractivity contribution in [1.29, 1.82) is 0 Å². The van der Waals surface area contributed by atoms with Gasteiger partial charge in [-0.05, 0) is 49.5 Å². The van der Waals surface area contributed by atoms with Crippen molar-refractivity contribution < 1.29 is 8.42 Å². The van der Waals surface area contributed by atoms with Crippen LogP contribution in [0.3, 0.4) is 0 Å². The van der Waals surface area contributed by atoms with Gasteiger partial charge in [0.2, 0.25) is 10.0 Å². The van der Waals surface area contributed by atoms with E-state index in [-0.39, 0.29) is 0 Å². The van der Waals surface area contributed by atoms with E-state index in [9.17, 15) is 8.42 Å². The molecule has 21 heavy (non-hydrogen) atoms. The Kier molecular flexibility index (Phi) is 7.93. The highest BCUT2D eigenvalue weighted by atomic mass is 32.2. The first-order valence-corrected chi connectivity index (χ1v) is 9.27. The first kappa shape index (κ1) is 18.1. The molecule has 0 amide bonds. The molecule has 1 aromatic carbocycles. The van der Waals surface area contributed by atoms with Crippen molar-refractivity contribution in [2.24, 2.45) is 5.92 Å². The van der Waals surface area contributed by atoms with E-state index >= 15 is 0 Å². The van der Waals surface area contributed by atoms with Gasteiger partial charge in [0.15, 0.2) is 0 Å². The van der Waals surface area contributed by atoms with E-state index in [1.165, 1.54) is 5.56 Å². The number of hydrogen-bond donors (Lipinski definition) is 2. The zero-order chi connectivity index (χ0) is 15.7. The lowest BCUT2D eigenvalue weighted by molar-refractivity contribution is 0.528. The monoisotopic (exact) mass is 312 g/mol. The first-order valence-electron chi connectivity index (χ1n) is 7.79. The fourth-order valence-corrected chi connectivity index (χ4v) is 3.07. The summed E-state index contributed by atoms with van der Waals surface area (Å²) in [6, 6.07) is 7.20. The fourth-order valence-electron chi connectivity index (χ4n) is 1.91. The van der Waals surface area contributed by atoms with Crippen molar-refractivity contribution >= 4 is 10.0 Å². The molecule has 1 unspecified atom stereocenters. The largest absolute Gasteiger partial charge is 0.317 e. The Morgan fingerprint density at radius 2 is 1.81 bits per heavy atom. The molecule has 0 bridgehead atoms. The van der Waals surface area contributed by atoms with Crippen LogP contribution in [0, 0.1) is 5.92 Å². The van der Waals surface area contributed by atoms with Crippen LogP contribution in [0.15, 0.2) is 29.2 Å². The second-order valence-electron chi connectivity index (χ2n) is 5.47. The summed E-state index contributed by atoms with van der Waals surface area (Å²) in [5.74, 6) is 0.352. The van der Waals surface area contributed by atoms with E-state index in [1.54, 1.807) is 12.1 Å². The van der Waals surface area contributed by atoms with Gasteiger partial charge in [-0.1, -0.05) is 39.3 Å². The third kappa shape index (κ3) is 6.59. The first-order chi connectivity index (χ1) is 9.99. The molecule has 0 radical (unpaired) electrons. The van der Waals surface area contributed by atoms with E-state index in [2.05, 4.69) is 23.9 Å². The lowest BCUT2D eigenvalue weighted by Crippen LogP contribution is -2.28. The topological polar surface area (TPSA) is 58.2 Å². The molecule has 4 nitrogen and oxygen atoms in total. The summed E-state index contributed by atoms with van der Waals surface area (Å²) in [4.78, 5) is 0.348. The number of benzene rings is 1. The van der Waals surface area contributed by atoms with Crippen molar-refractivity contribution in [3.63, 3.8) is 0 Å². The van der Waals surface area contributed by atoms with Crippen molar-refractivity contribution in [2.45, 2.75) is 44.9 Å². The summed E-state index contributed by atoms with van der Waals surface area (Å²) in [5, 5.41) is 3.28. The van der Waals surface area contributed by atoms with Gasteiger partial charge < -0.3 is 5.32 Å². The summed E-state index contributed by atoms with van der Waals surface area (Å²) in [5.41, 5.74) is 1.17. The van der Waals surface area contributed by atoms with Crippen LogP contribution >= 0.6 is 0 Å². The molecule has 0 heterocycles. The maximum absolute atomic E-state index is 12.1. The van der Waals surface area contributed by atoms with E-state index in [0.717, 1.165) is 32.4 Å². The third-order valence-corrected chi connectivity index (χ3v) is 5.06. The minimum atomic E-state index is -3.37. The molecule has 5 heteroatoms. The number of nitrogens with one attached hydrogen (secondary N) is 2. The highest BCUT2D eigenvalue weighted by Crippen LogP contribution is 2.12. The standard InChI is InChI=1S/C16H28N2O2S/c1-4-14(3)13-18-21(19,20)16-10-8-15(9-11-16)7-6-12-17-5-2/h8-11,14,17-18H,4-7,12-13H2,1-3H3. The van der Waals surface area contributed by atoms with Gasteiger partial charge in [0.1, 0.15) is 0 Å². The van der Waals surface area contributed by atoms with Crippen LogP contribution in [0.2, 0.25) is 0 Å². The molecule has 2 N–H and O–H groups in total. The lowest BCUT2D eigenvalue weighted by Gasteiger charge is -2.11. The van der Waals surface area contributed by atoms with Gasteiger partial charge in [-0.25, -0.2) is 13.1 Å². The van der Waals surface area contributed by atoms with Crippen LogP contribution in [-0.2, 0) is 16.4 Å². The molecule has 0 aliphatic rings. The third-order valence-electron chi connectivity index (χ3n) is 3.62. The smallest absolute Gasteiger partial charge is 0.240 e. The van der Waals surface area contributed by atoms with Crippen LogP contribution in [0.25, 0.3) is 0 Å². The van der Waals surface area contributed by atoms with Crippen LogP contribution < -0.4 is 10.0 Å². The SMILES string of the molecule is CCNCCCc1ccc(S(=O)(=O)NCC(C)CC)cc1. The molecule has 0 saturated carbocycles. The van der Waals surface area contributed by atoms with E-state index < -0.39 is 10.0 Å². The van der Waals surface area contributed by atoms with Gasteiger partial charge >= 0.3 is 0 Å². The maximum Gasteiger partial charge on any atom is 0.240 e. The average Bonchev–Trinajstić information content (AvgIpc) is 2.50. The summed E-state index contributed by atoms with van der Waals surface area (Å²) < 4.78 is 27.0. The van der Waals surface area contributed by atoms with Crippen LogP contribution in [0.5, 0.6) is 0 Å². The molecule has 0 saturated heterocycles. The minimum absolute atomic E-state index is 0.348. The summed E-state index contributed by atoms with van der Waals surface area (Å²) in [6.07, 6.45) is 2.99. The van der Waals surface area contributed by atoms with Crippen molar-refractivity contribution in [1.82, 2.24) is 10.0 Å². The number of hydrogen-bond acceptors (Lipinski definition) is 3. The molecule has 1 aromatic rings. The van der Waals surface area contributed by atoms with Gasteiger partial charge in [-0.15, -0.1) is 0 Å². The van der Waals surface area contributed by atoms with E-state index in [4.69, 9.17) is 0 Å². The predicted molar refractivity (Wildman–Crippen MR) is 88.0 cm³/mol. The molecular formula is C16H28N2O2S. The normalized spacial score (nSPS) is 13.3. The van der Waals surface area contributed by atoms with E-state index in [0.29, 0.717) is 17.4 Å². The van der Waals surface area contributed by atoms with Gasteiger partial charge in [-0.3, -0.25) is 0 Å². The molecule has 0 spiro atoms. The second kappa shape index (κ2) is 9.18. The Balaban J connectivity index is 2.56. The van der Waals surface area contributed by atoms with E-state index in [1.807, 2.05) is 19.1 Å². The van der Waals surface area contributed by atoms with Crippen LogP contribution in [0.1, 0.15) is 39.2 Å².